The summed E-state index contributed by atoms with van der Waals surface area (Å²) < 4.78 is 34.6. The van der Waals surface area contributed by atoms with Crippen LogP contribution in [0.4, 0.5) is 4.39 Å². The van der Waals surface area contributed by atoms with Crippen molar-refractivity contribution >= 4 is 25.0 Å². The number of hydrogen-bond donors (Lipinski definition) is 3. The van der Waals surface area contributed by atoms with Crippen LogP contribution in [0.25, 0.3) is 28.6 Å². The molecule has 0 aliphatic rings. The summed E-state index contributed by atoms with van der Waals surface area (Å²) in [4.78, 5) is 22.0. The van der Waals surface area contributed by atoms with Gasteiger partial charge in [0.15, 0.2) is 17.1 Å². The molecule has 0 fully saturated rings. The summed E-state index contributed by atoms with van der Waals surface area (Å²) >= 11 is 0. The van der Waals surface area contributed by atoms with E-state index in [-0.39, 0.29) is 22.7 Å². The van der Waals surface area contributed by atoms with Crippen molar-refractivity contribution in [2.24, 2.45) is 0 Å². The second-order valence-corrected chi connectivity index (χ2v) is 6.00. The van der Waals surface area contributed by atoms with E-state index in [2.05, 4.69) is 16.1 Å². The van der Waals surface area contributed by atoms with Crippen molar-refractivity contribution in [2.45, 2.75) is 0 Å². The normalized spacial score (nSPS) is 11.6. The highest BCUT2D eigenvalue weighted by Crippen LogP contribution is 2.40. The van der Waals surface area contributed by atoms with Crippen molar-refractivity contribution in [1.82, 2.24) is 4.98 Å². The highest BCUT2D eigenvalue weighted by molar-refractivity contribution is 7.46. The number of aromatic hydroxyl groups is 1. The lowest BCUT2D eigenvalue weighted by Gasteiger charge is -2.07. The molecule has 0 aliphatic carbocycles. The summed E-state index contributed by atoms with van der Waals surface area (Å²) in [5.41, 5.74) is 1.23. The number of oxazole rings is 1. The first-order chi connectivity index (χ1) is 11.3. The largest absolute Gasteiger partial charge is 0.524 e. The molecular weight excluding hydrogens is 340 g/mol. The maximum Gasteiger partial charge on any atom is 0.524 e. The number of rotatable bonds is 4. The highest BCUT2D eigenvalue weighted by atomic mass is 31.2. The summed E-state index contributed by atoms with van der Waals surface area (Å²) in [6.07, 6.45) is 1.40. The number of phosphoric ester groups is 1. The number of fused-ring (bicyclic) bond motifs is 1. The number of phenols is 1. The van der Waals surface area contributed by atoms with Crippen molar-refractivity contribution in [3.63, 3.8) is 0 Å². The SMILES string of the molecule is C=Cc1cc(OP(=O)(O)O)cc2nc(-c3ccc(O)c(F)c3)oc12. The first kappa shape index (κ1) is 16.2. The minimum absolute atomic E-state index is 0.0697. The fraction of sp³-hybridized carbons (Fsp3) is 0. The fourth-order valence-electron chi connectivity index (χ4n) is 2.14. The number of halogens is 1. The summed E-state index contributed by atoms with van der Waals surface area (Å²) in [6.45, 7) is 3.60. The molecule has 9 heteroatoms. The van der Waals surface area contributed by atoms with Gasteiger partial charge in [0, 0.05) is 17.2 Å². The van der Waals surface area contributed by atoms with Crippen LogP contribution in [0.2, 0.25) is 0 Å². The zero-order valence-corrected chi connectivity index (χ0v) is 12.9. The molecule has 0 amide bonds. The van der Waals surface area contributed by atoms with Gasteiger partial charge in [0.25, 0.3) is 0 Å². The van der Waals surface area contributed by atoms with Gasteiger partial charge in [0.05, 0.1) is 0 Å². The molecule has 0 atom stereocenters. The number of nitrogens with zero attached hydrogens (tertiary/aromatic N) is 1. The molecule has 124 valence electrons. The molecule has 0 unspecified atom stereocenters. The fourth-order valence-corrected chi connectivity index (χ4v) is 2.52. The van der Waals surface area contributed by atoms with E-state index in [0.29, 0.717) is 11.1 Å². The molecule has 1 heterocycles. The second-order valence-electron chi connectivity index (χ2n) is 4.83. The van der Waals surface area contributed by atoms with E-state index in [1.54, 1.807) is 0 Å². The highest BCUT2D eigenvalue weighted by Gasteiger charge is 2.19. The van der Waals surface area contributed by atoms with Gasteiger partial charge in [-0.1, -0.05) is 12.7 Å². The lowest BCUT2D eigenvalue weighted by Crippen LogP contribution is -1.90. The van der Waals surface area contributed by atoms with Gasteiger partial charge in [-0.2, -0.15) is 0 Å². The quantitative estimate of drug-likeness (QED) is 0.617. The molecule has 3 aromatic rings. The van der Waals surface area contributed by atoms with E-state index in [1.165, 1.54) is 24.3 Å². The van der Waals surface area contributed by atoms with Crippen LogP contribution in [0.3, 0.4) is 0 Å². The topological polar surface area (TPSA) is 113 Å². The van der Waals surface area contributed by atoms with E-state index in [9.17, 15) is 14.1 Å². The monoisotopic (exact) mass is 351 g/mol. The van der Waals surface area contributed by atoms with E-state index in [0.717, 1.165) is 12.1 Å². The predicted octanol–water partition coefficient (Wildman–Crippen LogP) is 3.45. The van der Waals surface area contributed by atoms with E-state index >= 15 is 0 Å². The maximum atomic E-state index is 13.5. The van der Waals surface area contributed by atoms with Gasteiger partial charge >= 0.3 is 7.82 Å². The molecule has 0 spiro atoms. The Morgan fingerprint density at radius 1 is 1.29 bits per heavy atom. The molecule has 1 aromatic heterocycles. The molecule has 24 heavy (non-hydrogen) atoms. The minimum atomic E-state index is -4.73. The van der Waals surface area contributed by atoms with Crippen LogP contribution in [-0.2, 0) is 4.57 Å². The Morgan fingerprint density at radius 2 is 2.04 bits per heavy atom. The molecule has 0 saturated heterocycles. The van der Waals surface area contributed by atoms with Crippen LogP contribution >= 0.6 is 7.82 Å². The van der Waals surface area contributed by atoms with E-state index < -0.39 is 19.4 Å². The Kier molecular flexibility index (Phi) is 3.88. The molecule has 0 radical (unpaired) electrons. The molecular formula is C15H11FNO6P. The van der Waals surface area contributed by atoms with Gasteiger partial charge in [0.2, 0.25) is 5.89 Å². The lowest BCUT2D eigenvalue weighted by molar-refractivity contribution is 0.283. The average molecular weight is 351 g/mol. The molecule has 2 aromatic carbocycles. The van der Waals surface area contributed by atoms with E-state index in [4.69, 9.17) is 14.2 Å². The number of phenolic OH excluding ortho intramolecular Hbond substituents is 1. The van der Waals surface area contributed by atoms with Gasteiger partial charge in [0.1, 0.15) is 11.3 Å². The predicted molar refractivity (Wildman–Crippen MR) is 83.8 cm³/mol. The van der Waals surface area contributed by atoms with Gasteiger partial charge in [-0.25, -0.2) is 13.9 Å². The smallest absolute Gasteiger partial charge is 0.505 e. The number of aromatic nitrogens is 1. The van der Waals surface area contributed by atoms with Crippen molar-refractivity contribution in [3.8, 4) is 23.0 Å². The summed E-state index contributed by atoms with van der Waals surface area (Å²) in [7, 11) is -4.73. The summed E-state index contributed by atoms with van der Waals surface area (Å²) in [6, 6.07) is 6.26. The van der Waals surface area contributed by atoms with Crippen molar-refractivity contribution < 1.29 is 32.8 Å². The number of hydrogen-bond acceptors (Lipinski definition) is 5. The van der Waals surface area contributed by atoms with Gasteiger partial charge in [-0.05, 0) is 24.3 Å². The van der Waals surface area contributed by atoms with Crippen LogP contribution in [0.15, 0.2) is 41.3 Å². The van der Waals surface area contributed by atoms with Crippen molar-refractivity contribution in [2.75, 3.05) is 0 Å². The summed E-state index contributed by atoms with van der Waals surface area (Å²) in [5.74, 6) is -1.37. The Labute approximate surface area is 134 Å². The molecule has 0 aliphatic heterocycles. The second kappa shape index (κ2) is 5.76. The van der Waals surface area contributed by atoms with Crippen LogP contribution in [0, 0.1) is 5.82 Å². The van der Waals surface area contributed by atoms with Crippen molar-refractivity contribution in [1.29, 1.82) is 0 Å². The maximum absolute atomic E-state index is 13.5. The standard InChI is InChI=1S/C15H11FNO6P/c1-2-8-5-10(23-24(19,20)21)7-12-14(8)22-15(17-12)9-3-4-13(18)11(16)6-9/h2-7,18H,1H2,(H2,19,20,21). The minimum Gasteiger partial charge on any atom is -0.505 e. The Balaban J connectivity index is 2.14. The zero-order valence-electron chi connectivity index (χ0n) is 12.0. The Morgan fingerprint density at radius 3 is 2.67 bits per heavy atom. The van der Waals surface area contributed by atoms with Crippen LogP contribution in [0.5, 0.6) is 11.5 Å². The third kappa shape index (κ3) is 3.16. The van der Waals surface area contributed by atoms with Crippen LogP contribution < -0.4 is 4.52 Å². The average Bonchev–Trinajstić information content (AvgIpc) is 2.91. The number of phosphoric acid groups is 1. The Hall–Kier alpha value is -2.67. The van der Waals surface area contributed by atoms with Crippen molar-refractivity contribution in [3.05, 3.63) is 48.3 Å². The van der Waals surface area contributed by atoms with Gasteiger partial charge in [-0.15, -0.1) is 0 Å². The van der Waals surface area contributed by atoms with Crippen LogP contribution in [-0.4, -0.2) is 19.9 Å². The van der Waals surface area contributed by atoms with Gasteiger partial charge in [-0.3, -0.25) is 9.79 Å². The molecule has 3 N–H and O–H groups in total. The van der Waals surface area contributed by atoms with Gasteiger partial charge < -0.3 is 14.0 Å². The first-order valence-electron chi connectivity index (χ1n) is 6.58. The van der Waals surface area contributed by atoms with E-state index in [1.807, 2.05) is 0 Å². The molecule has 0 bridgehead atoms. The molecule has 7 nitrogen and oxygen atoms in total. The Bertz CT molecular complexity index is 993. The lowest BCUT2D eigenvalue weighted by atomic mass is 10.2. The zero-order chi connectivity index (χ0) is 17.5. The number of benzene rings is 2. The third-order valence-corrected chi connectivity index (χ3v) is 3.58. The molecule has 0 saturated carbocycles. The first-order valence-corrected chi connectivity index (χ1v) is 8.11. The molecule has 3 rings (SSSR count). The van der Waals surface area contributed by atoms with Crippen LogP contribution in [0.1, 0.15) is 5.56 Å². The third-order valence-electron chi connectivity index (χ3n) is 3.13. The summed E-state index contributed by atoms with van der Waals surface area (Å²) in [5, 5.41) is 9.23.